The zero-order chi connectivity index (χ0) is 3.41. The van der Waals surface area contributed by atoms with Crippen molar-refractivity contribution >= 4 is 4.61 Å². The fourth-order valence-corrected chi connectivity index (χ4v) is 0. The fourth-order valence-electron chi connectivity index (χ4n) is 0. The molecule has 0 fully saturated rings. The first-order valence-corrected chi connectivity index (χ1v) is 2.25. The van der Waals surface area contributed by atoms with E-state index in [9.17, 15) is 0 Å². The molecule has 0 bridgehead atoms. The van der Waals surface area contributed by atoms with Gasteiger partial charge < -0.3 is 0 Å². The van der Waals surface area contributed by atoms with Crippen LogP contribution in [0.3, 0.4) is 0 Å². The van der Waals surface area contributed by atoms with Crippen molar-refractivity contribution in [2.75, 3.05) is 0 Å². The van der Waals surface area contributed by atoms with Gasteiger partial charge in [-0.05, 0) is 0 Å². The summed E-state index contributed by atoms with van der Waals surface area (Å²) in [5.41, 5.74) is 0. The van der Waals surface area contributed by atoms with E-state index in [0.717, 1.165) is 6.42 Å². The van der Waals surface area contributed by atoms with Gasteiger partial charge in [-0.3, -0.25) is 0 Å². The van der Waals surface area contributed by atoms with Gasteiger partial charge in [0.1, 0.15) is 0 Å². The Morgan fingerprint density at radius 2 is 2.25 bits per heavy atom. The third-order valence-corrected chi connectivity index (χ3v) is 0.805. The quantitative estimate of drug-likeness (QED) is 0.477. The normalized spacial score (nSPS) is 6.50. The van der Waals surface area contributed by atoms with Crippen molar-refractivity contribution in [3.8, 4) is 0 Å². The maximum atomic E-state index is 2.68. The first kappa shape index (κ1) is 4.49. The fraction of sp³-hybridized carbons (Fsp3) is 0.667. The van der Waals surface area contributed by atoms with Gasteiger partial charge in [0.15, 0.2) is 0 Å². The molecule has 27 valence electrons. The van der Waals surface area contributed by atoms with E-state index < -0.39 is 0 Å². The molecule has 0 nitrogen and oxygen atoms in total. The number of hydrogen-bond acceptors (Lipinski definition) is 0. The van der Waals surface area contributed by atoms with Crippen LogP contribution in [0.15, 0.2) is 0 Å². The predicted molar refractivity (Wildman–Crippen MR) is 16.4 cm³/mol. The molecule has 0 spiro atoms. The summed E-state index contributed by atoms with van der Waals surface area (Å²) in [4.78, 5) is 0. The van der Waals surface area contributed by atoms with E-state index in [2.05, 4.69) is 24.8 Å². The van der Waals surface area contributed by atoms with Gasteiger partial charge in [-0.1, -0.05) is 0 Å². The number of rotatable bonds is 1. The van der Waals surface area contributed by atoms with Crippen molar-refractivity contribution < 1.29 is 17.9 Å². The van der Waals surface area contributed by atoms with Gasteiger partial charge >= 0.3 is 35.8 Å². The van der Waals surface area contributed by atoms with Crippen LogP contribution in [0.25, 0.3) is 0 Å². The van der Waals surface area contributed by atoms with E-state index in [0.29, 0.717) is 0 Å². The van der Waals surface area contributed by atoms with Crippen LogP contribution < -0.4 is 0 Å². The van der Waals surface area contributed by atoms with Gasteiger partial charge in [-0.15, -0.1) is 0 Å². The summed E-state index contributed by atoms with van der Waals surface area (Å²) < 4.78 is 2.02. The van der Waals surface area contributed by atoms with E-state index in [1.165, 1.54) is 0 Å². The van der Waals surface area contributed by atoms with Crippen LogP contribution in [0.1, 0.15) is 13.3 Å². The molecule has 0 aromatic rings. The molecule has 0 heterocycles. The molecule has 0 aliphatic carbocycles. The molecule has 0 aromatic heterocycles. The molecular formula is C3H6Rh. The second-order valence-electron chi connectivity index (χ2n) is 0.544. The average molecular weight is 145 g/mol. The molecule has 0 atom stereocenters. The Bertz CT molecular complexity index is 17.2. The van der Waals surface area contributed by atoms with Crippen LogP contribution in [-0.2, 0) is 17.9 Å². The van der Waals surface area contributed by atoms with Crippen molar-refractivity contribution in [2.24, 2.45) is 0 Å². The molecule has 1 heteroatoms. The molecule has 0 saturated heterocycles. The van der Waals surface area contributed by atoms with Crippen molar-refractivity contribution in [2.45, 2.75) is 13.3 Å². The van der Waals surface area contributed by atoms with Crippen molar-refractivity contribution in [3.63, 3.8) is 0 Å². The maximum absolute atomic E-state index is 2.68. The predicted octanol–water partition coefficient (Wildman–Crippen LogP) is 0.745. The minimum atomic E-state index is 1.15. The molecule has 0 N–H and O–H groups in total. The van der Waals surface area contributed by atoms with Gasteiger partial charge in [-0.25, -0.2) is 0 Å². The SMILES string of the molecule is CC[CH]=[Rh]. The summed E-state index contributed by atoms with van der Waals surface area (Å²) in [6.07, 6.45) is 1.15. The van der Waals surface area contributed by atoms with E-state index in [1.54, 1.807) is 0 Å². The van der Waals surface area contributed by atoms with Gasteiger partial charge in [-0.2, -0.15) is 0 Å². The van der Waals surface area contributed by atoms with E-state index in [1.807, 2.05) is 4.61 Å². The first-order chi connectivity index (χ1) is 1.91. The Kier molecular flexibility index (Phi) is 3.92. The summed E-state index contributed by atoms with van der Waals surface area (Å²) in [5.74, 6) is 0. The summed E-state index contributed by atoms with van der Waals surface area (Å²) in [5, 5.41) is 0. The Hall–Kier alpha value is 0.493. The van der Waals surface area contributed by atoms with Gasteiger partial charge in [0.25, 0.3) is 0 Å². The van der Waals surface area contributed by atoms with E-state index in [4.69, 9.17) is 0 Å². The van der Waals surface area contributed by atoms with Gasteiger partial charge in [0.05, 0.1) is 0 Å². The van der Waals surface area contributed by atoms with E-state index in [-0.39, 0.29) is 0 Å². The van der Waals surface area contributed by atoms with Crippen LogP contribution in [0.2, 0.25) is 0 Å². The van der Waals surface area contributed by atoms with Crippen LogP contribution in [0, 0.1) is 0 Å². The van der Waals surface area contributed by atoms with Gasteiger partial charge in [0.2, 0.25) is 0 Å². The molecule has 0 radical (unpaired) electrons. The molecule has 4 heavy (non-hydrogen) atoms. The van der Waals surface area contributed by atoms with Crippen LogP contribution in [-0.4, -0.2) is 4.61 Å². The summed E-state index contributed by atoms with van der Waals surface area (Å²) >= 11 is 2.68. The Labute approximate surface area is 36.4 Å². The molecule has 0 rings (SSSR count). The van der Waals surface area contributed by atoms with Gasteiger partial charge in [0, 0.05) is 0 Å². The van der Waals surface area contributed by atoms with E-state index >= 15 is 0 Å². The molecule has 0 amide bonds. The second kappa shape index (κ2) is 3.49. The molecule has 0 unspecified atom stereocenters. The summed E-state index contributed by atoms with van der Waals surface area (Å²) in [6, 6.07) is 0. The summed E-state index contributed by atoms with van der Waals surface area (Å²) in [6.45, 7) is 2.10. The molecular weight excluding hydrogens is 139 g/mol. The standard InChI is InChI=1S/C3H6.Rh/c1-3-2;/h1H,3H2,2H3;. The minimum absolute atomic E-state index is 1.15. The zero-order valence-electron chi connectivity index (χ0n) is 2.62. The Balaban J connectivity index is 2.30. The van der Waals surface area contributed by atoms with Crippen LogP contribution in [0.5, 0.6) is 0 Å². The first-order valence-electron chi connectivity index (χ1n) is 1.31. The van der Waals surface area contributed by atoms with Crippen molar-refractivity contribution in [1.82, 2.24) is 0 Å². The van der Waals surface area contributed by atoms with Crippen molar-refractivity contribution in [1.29, 1.82) is 0 Å². The molecule has 0 aliphatic rings. The molecule has 0 aliphatic heterocycles. The monoisotopic (exact) mass is 145 g/mol. The topological polar surface area (TPSA) is 0 Å². The van der Waals surface area contributed by atoms with Crippen LogP contribution >= 0.6 is 0 Å². The Morgan fingerprint density at radius 1 is 2.00 bits per heavy atom. The van der Waals surface area contributed by atoms with Crippen LogP contribution in [0.4, 0.5) is 0 Å². The Morgan fingerprint density at radius 3 is 2.25 bits per heavy atom. The molecule has 0 aromatic carbocycles. The zero-order valence-corrected chi connectivity index (χ0v) is 4.26. The molecule has 0 saturated carbocycles. The summed E-state index contributed by atoms with van der Waals surface area (Å²) in [7, 11) is 0. The number of hydrogen-bond donors (Lipinski definition) is 0. The van der Waals surface area contributed by atoms with Crippen molar-refractivity contribution in [3.05, 3.63) is 0 Å². The third kappa shape index (κ3) is 2.49. The third-order valence-electron chi connectivity index (χ3n) is 0.136. The second-order valence-corrected chi connectivity index (χ2v) is 1.21. The average Bonchev–Trinajstić information content (AvgIpc) is 1.37.